The summed E-state index contributed by atoms with van der Waals surface area (Å²) in [5.41, 5.74) is 0.698. The maximum atomic E-state index is 13.4. The Hall–Kier alpha value is -2.82. The van der Waals surface area contributed by atoms with Crippen LogP contribution in [0.3, 0.4) is 0 Å². The fourth-order valence-corrected chi connectivity index (χ4v) is 6.88. The normalized spacial score (nSPS) is 24.4. The summed E-state index contributed by atoms with van der Waals surface area (Å²) in [5, 5.41) is 11.8. The number of hydrogen-bond donors (Lipinski definition) is 1. The lowest BCUT2D eigenvalue weighted by molar-refractivity contribution is -0.142. The molecule has 0 spiro atoms. The van der Waals surface area contributed by atoms with E-state index < -0.39 is 34.8 Å². The number of nitriles is 1. The molecule has 3 atom stereocenters. The second-order valence-corrected chi connectivity index (χ2v) is 11.6. The molecule has 1 aromatic rings. The predicted octanol–water partition coefficient (Wildman–Crippen LogP) is 1.87. The Labute approximate surface area is 215 Å². The van der Waals surface area contributed by atoms with Gasteiger partial charge in [0.1, 0.15) is 11.8 Å². The molecule has 37 heavy (non-hydrogen) atoms. The van der Waals surface area contributed by atoms with E-state index in [1.807, 2.05) is 0 Å². The largest absolute Gasteiger partial charge is 0.435 e. The average molecular weight is 540 g/mol. The molecule has 3 fully saturated rings. The third kappa shape index (κ3) is 6.02. The number of carbonyl (C=O) groups is 2. The lowest BCUT2D eigenvalue weighted by Crippen LogP contribution is -2.57. The zero-order valence-corrected chi connectivity index (χ0v) is 21.4. The van der Waals surface area contributed by atoms with E-state index in [1.165, 1.54) is 20.7 Å². The topological polar surface area (TPSA) is 123 Å². The quantitative estimate of drug-likeness (QED) is 0.538. The Bertz CT molecular complexity index is 1140. The molecule has 1 N–H and O–H groups in total. The highest BCUT2D eigenvalue weighted by atomic mass is 32.2. The molecule has 3 aliphatic rings. The van der Waals surface area contributed by atoms with Crippen molar-refractivity contribution in [2.45, 2.75) is 51.3 Å². The zero-order chi connectivity index (χ0) is 26.7. The standard InChI is InChI=1S/C24H31F2N5O5S/c1-16(18-6-8-20(9-7-18)36-24(25)26)28-22(32)21-5-3-11-31(21)23(33)19-4-2-10-29(15-19)37(34,35)30-13-17(12-27)14-30/h6-9,16-17,19,21,24H,2-5,10-11,13-15H2,1H3,(H,28,32)/t16-,19+,21-/m1/s1. The fourth-order valence-electron chi connectivity index (χ4n) is 5.09. The highest BCUT2D eigenvalue weighted by Crippen LogP contribution is 2.29. The minimum atomic E-state index is -3.73. The van der Waals surface area contributed by atoms with Crippen molar-refractivity contribution in [2.75, 3.05) is 32.7 Å². The van der Waals surface area contributed by atoms with Crippen LogP contribution in [0.25, 0.3) is 0 Å². The van der Waals surface area contributed by atoms with E-state index in [1.54, 1.807) is 24.0 Å². The van der Waals surface area contributed by atoms with E-state index in [-0.39, 0.29) is 43.1 Å². The van der Waals surface area contributed by atoms with Gasteiger partial charge >= 0.3 is 6.61 Å². The highest BCUT2D eigenvalue weighted by Gasteiger charge is 2.44. The number of halogens is 2. The van der Waals surface area contributed by atoms with Gasteiger partial charge in [-0.3, -0.25) is 9.59 Å². The lowest BCUT2D eigenvalue weighted by atomic mass is 9.97. The minimum Gasteiger partial charge on any atom is -0.435 e. The second-order valence-electron chi connectivity index (χ2n) is 9.72. The molecule has 202 valence electrons. The van der Waals surface area contributed by atoms with Gasteiger partial charge in [0.25, 0.3) is 10.2 Å². The number of rotatable bonds is 8. The fraction of sp³-hybridized carbons (Fsp3) is 0.625. The van der Waals surface area contributed by atoms with Gasteiger partial charge in [0.05, 0.1) is 23.9 Å². The first kappa shape index (κ1) is 27.2. The van der Waals surface area contributed by atoms with Crippen LogP contribution in [0.2, 0.25) is 0 Å². The maximum Gasteiger partial charge on any atom is 0.387 e. The Morgan fingerprint density at radius 1 is 1.08 bits per heavy atom. The van der Waals surface area contributed by atoms with E-state index >= 15 is 0 Å². The molecule has 0 bridgehead atoms. The molecule has 4 rings (SSSR count). The van der Waals surface area contributed by atoms with E-state index in [4.69, 9.17) is 5.26 Å². The maximum absolute atomic E-state index is 13.4. The van der Waals surface area contributed by atoms with Gasteiger partial charge in [-0.15, -0.1) is 0 Å². The number of ether oxygens (including phenoxy) is 1. The molecule has 0 saturated carbocycles. The van der Waals surface area contributed by atoms with Crippen LogP contribution in [0.4, 0.5) is 8.78 Å². The SMILES string of the molecule is C[C@@H](NC(=O)[C@H]1CCCN1C(=O)[C@H]1CCCN(S(=O)(=O)N2CC(C#N)C2)C1)c1ccc(OC(F)F)cc1. The second kappa shape index (κ2) is 11.3. The van der Waals surface area contributed by atoms with Gasteiger partial charge in [0, 0.05) is 32.7 Å². The molecule has 2 amide bonds. The molecular weight excluding hydrogens is 508 g/mol. The van der Waals surface area contributed by atoms with Crippen molar-refractivity contribution in [2.24, 2.45) is 11.8 Å². The van der Waals surface area contributed by atoms with Gasteiger partial charge in [-0.1, -0.05) is 12.1 Å². The first-order valence-electron chi connectivity index (χ1n) is 12.4. The van der Waals surface area contributed by atoms with Crippen LogP contribution in [-0.4, -0.2) is 79.1 Å². The number of nitrogens with one attached hydrogen (secondary N) is 1. The summed E-state index contributed by atoms with van der Waals surface area (Å²) in [5.74, 6) is -1.35. The van der Waals surface area contributed by atoms with Crippen LogP contribution < -0.4 is 10.1 Å². The Balaban J connectivity index is 1.35. The van der Waals surface area contributed by atoms with Crippen molar-refractivity contribution in [1.29, 1.82) is 5.26 Å². The van der Waals surface area contributed by atoms with Crippen molar-refractivity contribution in [3.63, 3.8) is 0 Å². The predicted molar refractivity (Wildman–Crippen MR) is 128 cm³/mol. The van der Waals surface area contributed by atoms with Gasteiger partial charge in [-0.2, -0.15) is 31.1 Å². The summed E-state index contributed by atoms with van der Waals surface area (Å²) >= 11 is 0. The van der Waals surface area contributed by atoms with Crippen LogP contribution in [0.15, 0.2) is 24.3 Å². The van der Waals surface area contributed by atoms with Crippen molar-refractivity contribution in [1.82, 2.24) is 18.8 Å². The molecule has 3 saturated heterocycles. The van der Waals surface area contributed by atoms with E-state index in [0.717, 1.165) is 0 Å². The first-order chi connectivity index (χ1) is 17.6. The monoisotopic (exact) mass is 539 g/mol. The smallest absolute Gasteiger partial charge is 0.387 e. The number of amides is 2. The zero-order valence-electron chi connectivity index (χ0n) is 20.6. The van der Waals surface area contributed by atoms with Crippen LogP contribution >= 0.6 is 0 Å². The summed E-state index contributed by atoms with van der Waals surface area (Å²) in [6.45, 7) is -0.0176. The number of likely N-dealkylation sites (tertiary alicyclic amines) is 1. The molecule has 1 aromatic carbocycles. The highest BCUT2D eigenvalue weighted by molar-refractivity contribution is 7.86. The molecule has 10 nitrogen and oxygen atoms in total. The van der Waals surface area contributed by atoms with Crippen molar-refractivity contribution >= 4 is 22.0 Å². The molecular formula is C24H31F2N5O5S. The number of carbonyl (C=O) groups excluding carboxylic acids is 2. The van der Waals surface area contributed by atoms with Crippen LogP contribution in [0, 0.1) is 23.2 Å². The average Bonchev–Trinajstić information content (AvgIpc) is 3.33. The number of piperidine rings is 1. The van der Waals surface area contributed by atoms with E-state index in [9.17, 15) is 26.8 Å². The van der Waals surface area contributed by atoms with Crippen LogP contribution in [0.1, 0.15) is 44.2 Å². The van der Waals surface area contributed by atoms with Gasteiger partial charge in [-0.25, -0.2) is 0 Å². The van der Waals surface area contributed by atoms with Crippen LogP contribution in [0.5, 0.6) is 5.75 Å². The Kier molecular flexibility index (Phi) is 8.30. The number of nitrogens with zero attached hydrogens (tertiary/aromatic N) is 4. The van der Waals surface area contributed by atoms with Gasteiger partial charge in [0.2, 0.25) is 11.8 Å². The Morgan fingerprint density at radius 2 is 1.76 bits per heavy atom. The molecule has 13 heteroatoms. The number of hydrogen-bond acceptors (Lipinski definition) is 6. The van der Waals surface area contributed by atoms with Gasteiger partial charge in [-0.05, 0) is 50.3 Å². The molecule has 3 heterocycles. The van der Waals surface area contributed by atoms with Crippen molar-refractivity contribution in [3.8, 4) is 11.8 Å². The molecule has 0 radical (unpaired) electrons. The first-order valence-corrected chi connectivity index (χ1v) is 13.8. The summed E-state index contributed by atoms with van der Waals surface area (Å²) in [7, 11) is -3.73. The molecule has 0 aliphatic carbocycles. The minimum absolute atomic E-state index is 0.0207. The molecule has 0 unspecified atom stereocenters. The lowest BCUT2D eigenvalue weighted by Gasteiger charge is -2.41. The third-order valence-electron chi connectivity index (χ3n) is 7.22. The summed E-state index contributed by atoms with van der Waals surface area (Å²) in [6, 6.07) is 6.97. The van der Waals surface area contributed by atoms with Crippen LogP contribution in [-0.2, 0) is 19.8 Å². The van der Waals surface area contributed by atoms with E-state index in [2.05, 4.69) is 16.1 Å². The summed E-state index contributed by atoms with van der Waals surface area (Å²) < 4.78 is 57.5. The number of benzene rings is 1. The van der Waals surface area contributed by atoms with Gasteiger partial charge < -0.3 is 15.0 Å². The molecule has 0 aromatic heterocycles. The molecule has 3 aliphatic heterocycles. The van der Waals surface area contributed by atoms with E-state index in [0.29, 0.717) is 44.3 Å². The van der Waals surface area contributed by atoms with Crippen molar-refractivity contribution in [3.05, 3.63) is 29.8 Å². The summed E-state index contributed by atoms with van der Waals surface area (Å²) in [6.07, 6.45) is 2.25. The number of alkyl halides is 2. The Morgan fingerprint density at radius 3 is 2.41 bits per heavy atom. The summed E-state index contributed by atoms with van der Waals surface area (Å²) in [4.78, 5) is 28.1. The third-order valence-corrected chi connectivity index (χ3v) is 9.15. The van der Waals surface area contributed by atoms with Gasteiger partial charge in [0.15, 0.2) is 0 Å². The van der Waals surface area contributed by atoms with Crippen molar-refractivity contribution < 1.29 is 31.5 Å².